The molecule has 3 amide bonds. The van der Waals surface area contributed by atoms with E-state index in [0.29, 0.717) is 5.69 Å². The minimum atomic E-state index is -0.674. The summed E-state index contributed by atoms with van der Waals surface area (Å²) in [6.07, 6.45) is 1.46. The van der Waals surface area contributed by atoms with Crippen LogP contribution in [0.25, 0.3) is 10.8 Å². The molecule has 5 nitrogen and oxygen atoms in total. The highest BCUT2D eigenvalue weighted by molar-refractivity contribution is 8.15. The highest BCUT2D eigenvalue weighted by Gasteiger charge is 2.39. The number of fused-ring (bicyclic) bond motifs is 1. The lowest BCUT2D eigenvalue weighted by molar-refractivity contribution is -0.128. The third-order valence-corrected chi connectivity index (χ3v) is 4.83. The third kappa shape index (κ3) is 3.19. The molecule has 1 aliphatic rings. The SMILES string of the molecule is C=CCN1C(=O)S[C@H](CC(=O)Nc2cccc3ccccc23)C1=O. The Labute approximate surface area is 143 Å². The Kier molecular flexibility index (Phi) is 4.66. The van der Waals surface area contributed by atoms with Gasteiger partial charge in [-0.25, -0.2) is 0 Å². The van der Waals surface area contributed by atoms with Crippen molar-refractivity contribution in [2.45, 2.75) is 11.7 Å². The first-order chi connectivity index (χ1) is 11.6. The van der Waals surface area contributed by atoms with Crippen molar-refractivity contribution in [3.05, 3.63) is 55.1 Å². The Morgan fingerprint density at radius 3 is 2.75 bits per heavy atom. The number of thioether (sulfide) groups is 1. The van der Waals surface area contributed by atoms with E-state index in [0.717, 1.165) is 27.4 Å². The van der Waals surface area contributed by atoms with Gasteiger partial charge >= 0.3 is 0 Å². The Balaban J connectivity index is 1.71. The molecule has 1 fully saturated rings. The lowest BCUT2D eigenvalue weighted by Crippen LogP contribution is -2.33. The predicted molar refractivity (Wildman–Crippen MR) is 95.9 cm³/mol. The van der Waals surface area contributed by atoms with Gasteiger partial charge in [-0.2, -0.15) is 0 Å². The zero-order valence-corrected chi connectivity index (χ0v) is 13.7. The predicted octanol–water partition coefficient (Wildman–Crippen LogP) is 3.42. The molecular formula is C18H16N2O3S. The molecule has 2 aromatic carbocycles. The molecule has 1 atom stereocenters. The molecule has 1 heterocycles. The first-order valence-electron chi connectivity index (χ1n) is 7.50. The maximum Gasteiger partial charge on any atom is 0.289 e. The lowest BCUT2D eigenvalue weighted by atomic mass is 10.1. The summed E-state index contributed by atoms with van der Waals surface area (Å²) >= 11 is 0.893. The van der Waals surface area contributed by atoms with Crippen LogP contribution in [0.4, 0.5) is 10.5 Å². The van der Waals surface area contributed by atoms with Gasteiger partial charge in [0.2, 0.25) is 11.8 Å². The highest BCUT2D eigenvalue weighted by atomic mass is 32.2. The van der Waals surface area contributed by atoms with Gasteiger partial charge in [0.1, 0.15) is 5.25 Å². The smallest absolute Gasteiger partial charge is 0.289 e. The molecule has 0 aromatic heterocycles. The fraction of sp³-hybridized carbons (Fsp3) is 0.167. The number of amides is 3. The van der Waals surface area contributed by atoms with E-state index in [4.69, 9.17) is 0 Å². The number of hydrogen-bond donors (Lipinski definition) is 1. The molecule has 1 saturated heterocycles. The molecule has 6 heteroatoms. The van der Waals surface area contributed by atoms with Crippen LogP contribution in [0.1, 0.15) is 6.42 Å². The number of carbonyl (C=O) groups excluding carboxylic acids is 3. The molecule has 24 heavy (non-hydrogen) atoms. The van der Waals surface area contributed by atoms with Crippen LogP contribution in [0, 0.1) is 0 Å². The van der Waals surface area contributed by atoms with Crippen molar-refractivity contribution >= 4 is 45.3 Å². The molecule has 1 aliphatic heterocycles. The number of anilines is 1. The van der Waals surface area contributed by atoms with Crippen molar-refractivity contribution in [3.8, 4) is 0 Å². The Morgan fingerprint density at radius 2 is 1.96 bits per heavy atom. The van der Waals surface area contributed by atoms with E-state index in [-0.39, 0.29) is 30.0 Å². The average Bonchev–Trinajstić information content (AvgIpc) is 2.83. The van der Waals surface area contributed by atoms with Gasteiger partial charge in [0.15, 0.2) is 0 Å². The fourth-order valence-corrected chi connectivity index (χ4v) is 3.62. The number of rotatable bonds is 5. The van der Waals surface area contributed by atoms with Crippen LogP contribution < -0.4 is 5.32 Å². The van der Waals surface area contributed by atoms with Crippen LogP contribution in [0.2, 0.25) is 0 Å². The molecule has 1 N–H and O–H groups in total. The number of nitrogens with zero attached hydrogens (tertiary/aromatic N) is 1. The summed E-state index contributed by atoms with van der Waals surface area (Å²) in [5.74, 6) is -0.622. The van der Waals surface area contributed by atoms with E-state index in [1.165, 1.54) is 6.08 Å². The standard InChI is InChI=1S/C18H16N2O3S/c1-2-10-20-17(22)15(24-18(20)23)11-16(21)19-14-9-5-7-12-6-3-4-8-13(12)14/h2-9,15H,1,10-11H2,(H,19,21)/t15-/m1/s1. The van der Waals surface area contributed by atoms with Gasteiger partial charge in [0, 0.05) is 24.0 Å². The zero-order valence-electron chi connectivity index (χ0n) is 12.9. The van der Waals surface area contributed by atoms with Crippen LogP contribution in [-0.4, -0.2) is 33.7 Å². The molecule has 122 valence electrons. The molecule has 3 rings (SSSR count). The normalized spacial score (nSPS) is 17.3. The lowest BCUT2D eigenvalue weighted by Gasteiger charge is -2.12. The van der Waals surface area contributed by atoms with Gasteiger partial charge in [-0.3, -0.25) is 19.3 Å². The second-order valence-electron chi connectivity index (χ2n) is 5.39. The van der Waals surface area contributed by atoms with Gasteiger partial charge in [-0.15, -0.1) is 6.58 Å². The topological polar surface area (TPSA) is 66.5 Å². The average molecular weight is 340 g/mol. The van der Waals surface area contributed by atoms with E-state index in [2.05, 4.69) is 11.9 Å². The molecule has 0 spiro atoms. The van der Waals surface area contributed by atoms with Crippen LogP contribution in [0.3, 0.4) is 0 Å². The third-order valence-electron chi connectivity index (χ3n) is 3.75. The van der Waals surface area contributed by atoms with Crippen molar-refractivity contribution in [2.75, 3.05) is 11.9 Å². The van der Waals surface area contributed by atoms with Gasteiger partial charge in [0.25, 0.3) is 5.24 Å². The van der Waals surface area contributed by atoms with Gasteiger partial charge in [0.05, 0.1) is 0 Å². The number of hydrogen-bond acceptors (Lipinski definition) is 4. The summed E-state index contributed by atoms with van der Waals surface area (Å²) < 4.78 is 0. The fourth-order valence-electron chi connectivity index (χ4n) is 2.63. The number of imide groups is 1. The first-order valence-corrected chi connectivity index (χ1v) is 8.38. The minimum absolute atomic E-state index is 0.0356. The second kappa shape index (κ2) is 6.88. The second-order valence-corrected chi connectivity index (χ2v) is 6.54. The van der Waals surface area contributed by atoms with Crippen LogP contribution in [-0.2, 0) is 9.59 Å². The van der Waals surface area contributed by atoms with E-state index in [1.54, 1.807) is 0 Å². The molecule has 0 bridgehead atoms. The van der Waals surface area contributed by atoms with Crippen LogP contribution in [0.15, 0.2) is 55.1 Å². The molecule has 0 radical (unpaired) electrons. The van der Waals surface area contributed by atoms with E-state index in [9.17, 15) is 14.4 Å². The Bertz CT molecular complexity index is 829. The molecular weight excluding hydrogens is 324 g/mol. The van der Waals surface area contributed by atoms with Gasteiger partial charge in [-0.05, 0) is 11.5 Å². The molecule has 0 unspecified atom stereocenters. The highest BCUT2D eigenvalue weighted by Crippen LogP contribution is 2.30. The molecule has 0 saturated carbocycles. The minimum Gasteiger partial charge on any atom is -0.325 e. The number of carbonyl (C=O) groups is 3. The van der Waals surface area contributed by atoms with E-state index < -0.39 is 5.25 Å². The summed E-state index contributed by atoms with van der Waals surface area (Å²) in [4.78, 5) is 37.4. The maximum absolute atomic E-state index is 12.3. The quantitative estimate of drug-likeness (QED) is 0.847. The van der Waals surface area contributed by atoms with E-state index >= 15 is 0 Å². The van der Waals surface area contributed by atoms with Crippen LogP contribution in [0.5, 0.6) is 0 Å². The zero-order chi connectivity index (χ0) is 17.1. The Hall–Kier alpha value is -2.60. The molecule has 2 aromatic rings. The summed E-state index contributed by atoms with van der Waals surface area (Å²) in [7, 11) is 0. The largest absolute Gasteiger partial charge is 0.325 e. The summed E-state index contributed by atoms with van der Waals surface area (Å²) in [6.45, 7) is 3.70. The summed E-state index contributed by atoms with van der Waals surface area (Å²) in [5.41, 5.74) is 0.697. The van der Waals surface area contributed by atoms with Crippen molar-refractivity contribution in [1.82, 2.24) is 4.90 Å². The Morgan fingerprint density at radius 1 is 1.21 bits per heavy atom. The van der Waals surface area contributed by atoms with Crippen molar-refractivity contribution < 1.29 is 14.4 Å². The van der Waals surface area contributed by atoms with Crippen LogP contribution >= 0.6 is 11.8 Å². The van der Waals surface area contributed by atoms with Crippen molar-refractivity contribution in [3.63, 3.8) is 0 Å². The monoisotopic (exact) mass is 340 g/mol. The number of nitrogens with one attached hydrogen (secondary N) is 1. The van der Waals surface area contributed by atoms with Gasteiger partial charge < -0.3 is 5.32 Å². The van der Waals surface area contributed by atoms with E-state index in [1.807, 2.05) is 42.5 Å². The van der Waals surface area contributed by atoms with Crippen molar-refractivity contribution in [1.29, 1.82) is 0 Å². The van der Waals surface area contributed by atoms with Gasteiger partial charge in [-0.1, -0.05) is 54.2 Å². The summed E-state index contributed by atoms with van der Waals surface area (Å²) in [6, 6.07) is 13.4. The maximum atomic E-state index is 12.3. The first kappa shape index (κ1) is 16.3. The van der Waals surface area contributed by atoms with Crippen molar-refractivity contribution in [2.24, 2.45) is 0 Å². The summed E-state index contributed by atoms with van der Waals surface area (Å²) in [5, 5.41) is 3.79. The molecule has 0 aliphatic carbocycles. The number of benzene rings is 2.